The number of nitrogens with one attached hydrogen (secondary N) is 1. The number of ether oxygens (including phenoxy) is 2. The van der Waals surface area contributed by atoms with Crippen molar-refractivity contribution in [3.63, 3.8) is 0 Å². The van der Waals surface area contributed by atoms with Gasteiger partial charge in [-0.1, -0.05) is 13.3 Å². The Labute approximate surface area is 211 Å². The zero-order valence-electron chi connectivity index (χ0n) is 21.2. The summed E-state index contributed by atoms with van der Waals surface area (Å²) < 4.78 is 10.6. The van der Waals surface area contributed by atoms with Crippen molar-refractivity contribution in [1.82, 2.24) is 14.9 Å². The number of carbonyl (C=O) groups is 1. The maximum Gasteiger partial charge on any atom is 0.376 e. The Morgan fingerprint density at radius 3 is 2.86 bits per heavy atom. The molecule has 1 saturated carbocycles. The number of nitrogens with zero attached hydrogens (tertiary/aromatic N) is 5. The molecule has 4 rings (SSSR count). The Balaban J connectivity index is 1.47. The third-order valence-corrected chi connectivity index (χ3v) is 6.80. The number of amidine groups is 1. The first-order valence-corrected chi connectivity index (χ1v) is 12.7. The van der Waals surface area contributed by atoms with Gasteiger partial charge in [0.25, 0.3) is 0 Å². The summed E-state index contributed by atoms with van der Waals surface area (Å²) in [6.07, 6.45) is 10.6. The number of pyridine rings is 1. The van der Waals surface area contributed by atoms with E-state index in [1.54, 1.807) is 13.1 Å². The highest BCUT2D eigenvalue weighted by Gasteiger charge is 2.38. The first-order chi connectivity index (χ1) is 17.5. The Hall–Kier alpha value is -3.67. The summed E-state index contributed by atoms with van der Waals surface area (Å²) >= 11 is 0. The molecule has 2 atom stereocenters. The molecule has 1 aliphatic heterocycles. The molecule has 2 aromatic rings. The van der Waals surface area contributed by atoms with E-state index >= 15 is 0 Å². The molecule has 1 saturated heterocycles. The lowest BCUT2D eigenvalue weighted by Crippen LogP contribution is -2.32. The van der Waals surface area contributed by atoms with Crippen LogP contribution in [0.25, 0.3) is 11.0 Å². The van der Waals surface area contributed by atoms with Crippen LogP contribution in [0.4, 0.5) is 0 Å². The van der Waals surface area contributed by atoms with Crippen molar-refractivity contribution < 1.29 is 14.3 Å². The molecule has 0 spiro atoms. The fourth-order valence-electron chi connectivity index (χ4n) is 4.57. The van der Waals surface area contributed by atoms with Gasteiger partial charge in [-0.05, 0) is 55.4 Å². The molecule has 3 heterocycles. The lowest BCUT2D eigenvalue weighted by molar-refractivity contribution is -0.132. The number of carbonyl (C=O) groups excluding carboxylic acids is 1. The molecule has 1 N–H and O–H groups in total. The summed E-state index contributed by atoms with van der Waals surface area (Å²) in [5.74, 6) is 1.15. The number of nitriles is 1. The summed E-state index contributed by atoms with van der Waals surface area (Å²) in [6, 6.07) is 6.34. The summed E-state index contributed by atoms with van der Waals surface area (Å²) in [4.78, 5) is 31.4. The minimum atomic E-state index is -0.608. The van der Waals surface area contributed by atoms with Crippen LogP contribution in [0.15, 0.2) is 46.4 Å². The van der Waals surface area contributed by atoms with E-state index in [-0.39, 0.29) is 17.7 Å². The number of aromatic amines is 1. The Morgan fingerprint density at radius 1 is 1.36 bits per heavy atom. The second kappa shape index (κ2) is 11.8. The molecule has 190 valence electrons. The number of aliphatic imine (C=N–C) groups is 2. The molecule has 2 fully saturated rings. The zero-order valence-corrected chi connectivity index (χ0v) is 21.2. The van der Waals surface area contributed by atoms with Crippen LogP contribution in [0.1, 0.15) is 57.4 Å². The average Bonchev–Trinajstić information content (AvgIpc) is 3.55. The Bertz CT molecular complexity index is 1200. The molecule has 2 unspecified atom stereocenters. The minimum absolute atomic E-state index is 0.0326. The highest BCUT2D eigenvalue weighted by atomic mass is 16.5. The van der Waals surface area contributed by atoms with Crippen LogP contribution in [-0.4, -0.2) is 59.4 Å². The molecule has 9 nitrogen and oxygen atoms in total. The quantitative estimate of drug-likeness (QED) is 0.346. The first-order valence-electron chi connectivity index (χ1n) is 12.7. The summed E-state index contributed by atoms with van der Waals surface area (Å²) in [5.41, 5.74) is 2.23. The molecule has 36 heavy (non-hydrogen) atoms. The highest BCUT2D eigenvalue weighted by molar-refractivity contribution is 6.37. The third-order valence-electron chi connectivity index (χ3n) is 6.80. The van der Waals surface area contributed by atoms with Crippen molar-refractivity contribution in [2.45, 2.75) is 51.9 Å². The highest BCUT2D eigenvalue weighted by Crippen LogP contribution is 2.37. The van der Waals surface area contributed by atoms with Gasteiger partial charge in [0.1, 0.15) is 11.5 Å². The van der Waals surface area contributed by atoms with Crippen LogP contribution in [-0.2, 0) is 14.3 Å². The van der Waals surface area contributed by atoms with E-state index in [1.807, 2.05) is 6.07 Å². The smallest absolute Gasteiger partial charge is 0.376 e. The number of methoxy groups -OCH3 is 1. The van der Waals surface area contributed by atoms with Gasteiger partial charge in [-0.25, -0.2) is 14.8 Å². The van der Waals surface area contributed by atoms with Crippen molar-refractivity contribution in [3.8, 4) is 6.07 Å². The average molecular weight is 491 g/mol. The van der Waals surface area contributed by atoms with Gasteiger partial charge in [-0.3, -0.25) is 0 Å². The topological polar surface area (TPSA) is 116 Å². The van der Waals surface area contributed by atoms with Gasteiger partial charge in [0, 0.05) is 43.7 Å². The van der Waals surface area contributed by atoms with Crippen molar-refractivity contribution in [1.29, 1.82) is 5.26 Å². The van der Waals surface area contributed by atoms with Gasteiger partial charge < -0.3 is 19.4 Å². The number of fused-ring (bicyclic) bond motifs is 1. The van der Waals surface area contributed by atoms with Gasteiger partial charge in [0.15, 0.2) is 5.90 Å². The molecule has 0 bridgehead atoms. The number of hydrogen-bond donors (Lipinski definition) is 1. The molecular formula is C27H34N6O3. The van der Waals surface area contributed by atoms with Gasteiger partial charge >= 0.3 is 5.97 Å². The van der Waals surface area contributed by atoms with Crippen LogP contribution in [0, 0.1) is 23.2 Å². The van der Waals surface area contributed by atoms with Crippen LogP contribution < -0.4 is 0 Å². The zero-order chi connectivity index (χ0) is 25.5. The second-order valence-corrected chi connectivity index (χ2v) is 9.36. The van der Waals surface area contributed by atoms with E-state index in [9.17, 15) is 4.79 Å². The summed E-state index contributed by atoms with van der Waals surface area (Å²) in [7, 11) is 1.32. The molecule has 2 aromatic heterocycles. The fourth-order valence-corrected chi connectivity index (χ4v) is 4.57. The molecule has 0 amide bonds. The van der Waals surface area contributed by atoms with E-state index in [2.05, 4.69) is 56.2 Å². The summed E-state index contributed by atoms with van der Waals surface area (Å²) in [5, 5.41) is 10.2. The lowest BCUT2D eigenvalue weighted by Gasteiger charge is -2.33. The number of likely N-dealkylation sites (tertiary alicyclic amines) is 1. The Kier molecular flexibility index (Phi) is 8.36. The number of H-pyrrole nitrogens is 1. The third kappa shape index (κ3) is 6.11. The molecule has 9 heteroatoms. The first kappa shape index (κ1) is 25.4. The number of rotatable bonds is 7. The predicted molar refractivity (Wildman–Crippen MR) is 138 cm³/mol. The molecular weight excluding hydrogens is 456 g/mol. The second-order valence-electron chi connectivity index (χ2n) is 9.36. The van der Waals surface area contributed by atoms with Crippen molar-refractivity contribution >= 4 is 28.7 Å². The normalized spacial score (nSPS) is 21.4. The maximum absolute atomic E-state index is 12.5. The van der Waals surface area contributed by atoms with Crippen LogP contribution in [0.2, 0.25) is 0 Å². The fraction of sp³-hybridized carbons (Fsp3) is 0.519. The van der Waals surface area contributed by atoms with E-state index in [4.69, 9.17) is 14.7 Å². The monoisotopic (exact) mass is 490 g/mol. The minimum Gasteiger partial charge on any atom is -0.481 e. The van der Waals surface area contributed by atoms with E-state index in [0.29, 0.717) is 18.4 Å². The van der Waals surface area contributed by atoms with Gasteiger partial charge in [0.05, 0.1) is 25.7 Å². The molecule has 1 aliphatic carbocycles. The van der Waals surface area contributed by atoms with Crippen molar-refractivity contribution in [3.05, 3.63) is 42.0 Å². The van der Waals surface area contributed by atoms with E-state index in [1.165, 1.54) is 18.1 Å². The standard InChI is InChI=1S/C27H34N6O3/c1-4-5-8-24(32-26(27(34)35-3)31-18(2)36-17-21-14-20(21)15-28)33-12-9-19(10-13-33)23-16-30-25-22(23)7-6-11-29-25/h6-8,11,16,19-21H,4-5,9-10,12-14,17H2,1-3H3,(H,29,30)/b24-8-,31-18?,32-26-. The van der Waals surface area contributed by atoms with E-state index < -0.39 is 5.97 Å². The maximum atomic E-state index is 12.5. The number of unbranched alkanes of at least 4 members (excludes halogenated alkanes) is 1. The van der Waals surface area contributed by atoms with Crippen LogP contribution in [0.5, 0.6) is 0 Å². The van der Waals surface area contributed by atoms with Crippen molar-refractivity contribution in [2.75, 3.05) is 26.8 Å². The van der Waals surface area contributed by atoms with E-state index in [0.717, 1.165) is 56.7 Å². The van der Waals surface area contributed by atoms with Gasteiger partial charge in [-0.2, -0.15) is 10.3 Å². The number of aromatic nitrogens is 2. The number of esters is 1. The molecule has 2 aliphatic rings. The SMILES string of the molecule is CCC/C=C(/N=C(\N=C(C)OCC1CC1C#N)C(=O)OC)N1CCC(c2c[nH]c3ncccc23)CC1. The number of piperidine rings is 1. The number of hydrogen-bond acceptors (Lipinski definition) is 7. The van der Waals surface area contributed by atoms with Crippen LogP contribution >= 0.6 is 0 Å². The lowest BCUT2D eigenvalue weighted by atomic mass is 9.89. The predicted octanol–water partition coefficient (Wildman–Crippen LogP) is 4.55. The van der Waals surface area contributed by atoms with Gasteiger partial charge in [0.2, 0.25) is 5.84 Å². The Morgan fingerprint density at radius 2 is 2.17 bits per heavy atom. The largest absolute Gasteiger partial charge is 0.481 e. The van der Waals surface area contributed by atoms with Crippen molar-refractivity contribution in [2.24, 2.45) is 21.8 Å². The molecule has 0 radical (unpaired) electrons. The van der Waals surface area contributed by atoms with Crippen LogP contribution in [0.3, 0.4) is 0 Å². The van der Waals surface area contributed by atoms with Gasteiger partial charge in [-0.15, -0.1) is 0 Å². The molecule has 0 aromatic carbocycles. The number of allylic oxidation sites excluding steroid dienone is 1. The summed E-state index contributed by atoms with van der Waals surface area (Å²) in [6.45, 7) is 5.86.